The third-order valence-corrected chi connectivity index (χ3v) is 2.66. The monoisotopic (exact) mass is 182 g/mol. The SMILES string of the molecule is O=C1CCC(Cc2cscn2)N1. The lowest BCUT2D eigenvalue weighted by Crippen LogP contribution is -2.27. The van der Waals surface area contributed by atoms with Crippen LogP contribution in [0.15, 0.2) is 10.9 Å². The molecular weight excluding hydrogens is 172 g/mol. The fourth-order valence-electron chi connectivity index (χ4n) is 1.42. The van der Waals surface area contributed by atoms with Gasteiger partial charge in [0.2, 0.25) is 5.91 Å². The van der Waals surface area contributed by atoms with Gasteiger partial charge in [0.1, 0.15) is 0 Å². The second kappa shape index (κ2) is 3.23. The Balaban J connectivity index is 1.92. The van der Waals surface area contributed by atoms with E-state index in [1.165, 1.54) is 0 Å². The van der Waals surface area contributed by atoms with Gasteiger partial charge in [0.25, 0.3) is 0 Å². The smallest absolute Gasteiger partial charge is 0.220 e. The van der Waals surface area contributed by atoms with Gasteiger partial charge >= 0.3 is 0 Å². The number of aromatic nitrogens is 1. The quantitative estimate of drug-likeness (QED) is 0.740. The van der Waals surface area contributed by atoms with Crippen LogP contribution in [0.4, 0.5) is 0 Å². The highest BCUT2D eigenvalue weighted by Gasteiger charge is 2.20. The molecule has 0 saturated carbocycles. The lowest BCUT2D eigenvalue weighted by molar-refractivity contribution is -0.119. The maximum absolute atomic E-state index is 10.9. The molecule has 4 heteroatoms. The van der Waals surface area contributed by atoms with Crippen LogP contribution in [-0.4, -0.2) is 16.9 Å². The van der Waals surface area contributed by atoms with Crippen molar-refractivity contribution in [2.45, 2.75) is 25.3 Å². The van der Waals surface area contributed by atoms with E-state index >= 15 is 0 Å². The molecule has 0 aromatic carbocycles. The Bertz CT molecular complexity index is 271. The Morgan fingerprint density at radius 2 is 2.67 bits per heavy atom. The number of carbonyl (C=O) groups excluding carboxylic acids is 1. The first kappa shape index (κ1) is 7.73. The predicted molar refractivity (Wildman–Crippen MR) is 47.0 cm³/mol. The third kappa shape index (κ3) is 1.64. The molecule has 0 spiro atoms. The highest BCUT2D eigenvalue weighted by atomic mass is 32.1. The zero-order valence-corrected chi connectivity index (χ0v) is 7.43. The van der Waals surface area contributed by atoms with Gasteiger partial charge in [0, 0.05) is 24.3 Å². The average Bonchev–Trinajstić information content (AvgIpc) is 2.63. The summed E-state index contributed by atoms with van der Waals surface area (Å²) in [5.74, 6) is 0.176. The van der Waals surface area contributed by atoms with Crippen molar-refractivity contribution in [1.29, 1.82) is 0 Å². The molecule has 64 valence electrons. The first-order valence-electron chi connectivity index (χ1n) is 4.01. The number of nitrogens with zero attached hydrogens (tertiary/aromatic N) is 1. The summed E-state index contributed by atoms with van der Waals surface area (Å²) in [5.41, 5.74) is 2.92. The first-order valence-corrected chi connectivity index (χ1v) is 4.95. The number of hydrogen-bond acceptors (Lipinski definition) is 3. The van der Waals surface area contributed by atoms with Gasteiger partial charge in [-0.15, -0.1) is 11.3 Å². The van der Waals surface area contributed by atoms with Crippen LogP contribution in [0.2, 0.25) is 0 Å². The Kier molecular flexibility index (Phi) is 2.08. The minimum atomic E-state index is 0.176. The summed E-state index contributed by atoms with van der Waals surface area (Å²) in [6.07, 6.45) is 2.51. The minimum absolute atomic E-state index is 0.176. The Morgan fingerprint density at radius 3 is 3.25 bits per heavy atom. The van der Waals surface area contributed by atoms with Crippen LogP contribution in [0.3, 0.4) is 0 Å². The zero-order chi connectivity index (χ0) is 8.39. The molecule has 0 bridgehead atoms. The average molecular weight is 182 g/mol. The van der Waals surface area contributed by atoms with Crippen molar-refractivity contribution in [2.75, 3.05) is 0 Å². The summed E-state index contributed by atoms with van der Waals surface area (Å²) < 4.78 is 0. The molecule has 1 fully saturated rings. The summed E-state index contributed by atoms with van der Waals surface area (Å²) in [6.45, 7) is 0. The second-order valence-electron chi connectivity index (χ2n) is 2.99. The van der Waals surface area contributed by atoms with Gasteiger partial charge < -0.3 is 5.32 Å². The molecule has 1 aliphatic heterocycles. The van der Waals surface area contributed by atoms with E-state index in [0.717, 1.165) is 18.5 Å². The van der Waals surface area contributed by atoms with Gasteiger partial charge in [-0.25, -0.2) is 4.98 Å². The van der Waals surface area contributed by atoms with E-state index in [1.807, 2.05) is 10.9 Å². The standard InChI is InChI=1S/C8H10N2OS/c11-8-2-1-6(10-8)3-7-4-12-5-9-7/h4-6H,1-3H2,(H,10,11). The van der Waals surface area contributed by atoms with Gasteiger partial charge in [-0.1, -0.05) is 0 Å². The number of hydrogen-bond donors (Lipinski definition) is 1. The van der Waals surface area contributed by atoms with E-state index in [4.69, 9.17) is 0 Å². The van der Waals surface area contributed by atoms with Crippen LogP contribution in [-0.2, 0) is 11.2 Å². The van der Waals surface area contributed by atoms with Crippen LogP contribution in [0.1, 0.15) is 18.5 Å². The molecule has 0 radical (unpaired) electrons. The molecule has 2 rings (SSSR count). The summed E-state index contributed by atoms with van der Waals surface area (Å²) in [4.78, 5) is 15.0. The van der Waals surface area contributed by atoms with Crippen LogP contribution in [0.5, 0.6) is 0 Å². The molecule has 0 aliphatic carbocycles. The Labute approximate surface area is 74.8 Å². The number of thiazole rings is 1. The zero-order valence-electron chi connectivity index (χ0n) is 6.62. The van der Waals surface area contributed by atoms with Gasteiger partial charge in [-0.3, -0.25) is 4.79 Å². The summed E-state index contributed by atoms with van der Waals surface area (Å²) in [5, 5.41) is 4.95. The molecule has 1 aromatic rings. The lowest BCUT2D eigenvalue weighted by atomic mass is 10.1. The van der Waals surface area contributed by atoms with Crippen molar-refractivity contribution in [2.24, 2.45) is 0 Å². The number of carbonyl (C=O) groups is 1. The molecule has 1 atom stereocenters. The van der Waals surface area contributed by atoms with Crippen molar-refractivity contribution < 1.29 is 4.79 Å². The number of amides is 1. The molecule has 12 heavy (non-hydrogen) atoms. The van der Waals surface area contributed by atoms with E-state index in [0.29, 0.717) is 12.5 Å². The van der Waals surface area contributed by atoms with E-state index in [9.17, 15) is 4.79 Å². The second-order valence-corrected chi connectivity index (χ2v) is 3.71. The summed E-state index contributed by atoms with van der Waals surface area (Å²) in [7, 11) is 0. The van der Waals surface area contributed by atoms with Crippen molar-refractivity contribution in [1.82, 2.24) is 10.3 Å². The first-order chi connectivity index (χ1) is 5.84. The predicted octanol–water partition coefficient (Wildman–Crippen LogP) is 0.964. The van der Waals surface area contributed by atoms with Gasteiger partial charge in [-0.2, -0.15) is 0 Å². The summed E-state index contributed by atoms with van der Waals surface area (Å²) >= 11 is 1.60. The van der Waals surface area contributed by atoms with Gasteiger partial charge in [-0.05, 0) is 6.42 Å². The maximum atomic E-state index is 10.9. The number of nitrogens with one attached hydrogen (secondary N) is 1. The van der Waals surface area contributed by atoms with Crippen molar-refractivity contribution in [3.63, 3.8) is 0 Å². The molecule has 1 aromatic heterocycles. The topological polar surface area (TPSA) is 42.0 Å². The van der Waals surface area contributed by atoms with Crippen LogP contribution in [0.25, 0.3) is 0 Å². The van der Waals surface area contributed by atoms with Crippen molar-refractivity contribution in [3.05, 3.63) is 16.6 Å². The fourth-order valence-corrected chi connectivity index (χ4v) is 1.99. The molecule has 3 nitrogen and oxygen atoms in total. The van der Waals surface area contributed by atoms with E-state index < -0.39 is 0 Å². The van der Waals surface area contributed by atoms with Crippen molar-refractivity contribution >= 4 is 17.2 Å². The van der Waals surface area contributed by atoms with E-state index in [-0.39, 0.29) is 5.91 Å². The highest BCUT2D eigenvalue weighted by molar-refractivity contribution is 7.07. The molecule has 2 heterocycles. The van der Waals surface area contributed by atoms with E-state index in [1.54, 1.807) is 11.3 Å². The largest absolute Gasteiger partial charge is 0.353 e. The molecule has 1 unspecified atom stereocenters. The minimum Gasteiger partial charge on any atom is -0.353 e. The van der Waals surface area contributed by atoms with Gasteiger partial charge in [0.05, 0.1) is 11.2 Å². The molecule has 1 saturated heterocycles. The number of rotatable bonds is 2. The van der Waals surface area contributed by atoms with Crippen molar-refractivity contribution in [3.8, 4) is 0 Å². The van der Waals surface area contributed by atoms with Crippen LogP contribution >= 0.6 is 11.3 Å². The fraction of sp³-hybridized carbons (Fsp3) is 0.500. The van der Waals surface area contributed by atoms with Gasteiger partial charge in [0.15, 0.2) is 0 Å². The highest BCUT2D eigenvalue weighted by Crippen LogP contribution is 2.12. The summed E-state index contributed by atoms with van der Waals surface area (Å²) in [6, 6.07) is 0.319. The molecule has 1 aliphatic rings. The maximum Gasteiger partial charge on any atom is 0.220 e. The normalized spacial score (nSPS) is 22.7. The Hall–Kier alpha value is -0.900. The molecular formula is C8H10N2OS. The molecule has 1 N–H and O–H groups in total. The van der Waals surface area contributed by atoms with Crippen LogP contribution in [0, 0.1) is 0 Å². The van der Waals surface area contributed by atoms with Crippen LogP contribution < -0.4 is 5.32 Å². The Morgan fingerprint density at radius 1 is 1.75 bits per heavy atom. The third-order valence-electron chi connectivity index (χ3n) is 2.02. The molecule has 1 amide bonds. The van der Waals surface area contributed by atoms with E-state index in [2.05, 4.69) is 10.3 Å². The lowest BCUT2D eigenvalue weighted by Gasteiger charge is -2.06.